The summed E-state index contributed by atoms with van der Waals surface area (Å²) in [5.41, 5.74) is 18.3. The fourth-order valence-corrected chi connectivity index (χ4v) is 12.8. The Kier molecular flexibility index (Phi) is 11.5. The summed E-state index contributed by atoms with van der Waals surface area (Å²) < 4.78 is 14.2. The predicted molar refractivity (Wildman–Crippen MR) is 349 cm³/mol. The van der Waals surface area contributed by atoms with Crippen molar-refractivity contribution in [1.29, 1.82) is 0 Å². The van der Waals surface area contributed by atoms with E-state index < -0.39 is 0 Å². The molecule has 2 aromatic heterocycles. The molecule has 0 amide bonds. The molecule has 2 heterocycles. The highest BCUT2D eigenvalue weighted by molar-refractivity contribution is 6.30. The molecule has 388 valence electrons. The Hall–Kier alpha value is -11.0. The molecule has 16 aromatic rings. The third kappa shape index (κ3) is 8.20. The van der Waals surface area contributed by atoms with E-state index in [9.17, 15) is 0 Å². The third-order valence-corrected chi connectivity index (χ3v) is 16.6. The number of furan rings is 2. The summed E-state index contributed by atoms with van der Waals surface area (Å²) in [6.45, 7) is 0. The first-order valence-corrected chi connectivity index (χ1v) is 28.4. The molecule has 16 rings (SSSR count). The Morgan fingerprint density at radius 2 is 0.518 bits per heavy atom. The zero-order valence-corrected chi connectivity index (χ0v) is 45.2. The first-order chi connectivity index (χ1) is 41.2. The lowest BCUT2D eigenvalue weighted by Crippen LogP contribution is -2.10. The van der Waals surface area contributed by atoms with Crippen LogP contribution >= 0.6 is 0 Å². The molecule has 14 aromatic carbocycles. The summed E-state index contributed by atoms with van der Waals surface area (Å²) in [6.07, 6.45) is 0. The van der Waals surface area contributed by atoms with E-state index in [1.807, 2.05) is 0 Å². The Morgan fingerprint density at radius 1 is 0.193 bits per heavy atom. The van der Waals surface area contributed by atoms with Gasteiger partial charge in [0.1, 0.15) is 22.7 Å². The maximum absolute atomic E-state index is 7.11. The van der Waals surface area contributed by atoms with Crippen LogP contribution in [-0.4, -0.2) is 0 Å². The molecule has 0 atom stereocenters. The number of rotatable bonds is 10. The maximum atomic E-state index is 7.11. The van der Waals surface area contributed by atoms with E-state index in [0.29, 0.717) is 0 Å². The van der Waals surface area contributed by atoms with Gasteiger partial charge in [-0.25, -0.2) is 0 Å². The zero-order chi connectivity index (χ0) is 54.8. The van der Waals surface area contributed by atoms with Crippen LogP contribution in [0.25, 0.3) is 143 Å². The van der Waals surface area contributed by atoms with Crippen molar-refractivity contribution in [2.24, 2.45) is 0 Å². The number of benzene rings is 14. The first-order valence-electron chi connectivity index (χ1n) is 28.4. The van der Waals surface area contributed by atoms with Crippen molar-refractivity contribution in [3.05, 3.63) is 309 Å². The average molecular weight is 1060 g/mol. The Balaban J connectivity index is 0.841. The lowest BCUT2D eigenvalue weighted by molar-refractivity contribution is 0.635. The normalized spacial score (nSPS) is 11.6. The number of fused-ring (bicyclic) bond motifs is 12. The van der Waals surface area contributed by atoms with Gasteiger partial charge in [-0.1, -0.05) is 249 Å². The van der Waals surface area contributed by atoms with Gasteiger partial charge in [-0.2, -0.15) is 0 Å². The van der Waals surface area contributed by atoms with Gasteiger partial charge in [-0.15, -0.1) is 0 Å². The van der Waals surface area contributed by atoms with E-state index in [1.54, 1.807) is 0 Å². The van der Waals surface area contributed by atoms with Crippen molar-refractivity contribution < 1.29 is 8.83 Å². The van der Waals surface area contributed by atoms with Crippen LogP contribution in [0.5, 0.6) is 0 Å². The molecule has 0 aliphatic rings. The third-order valence-electron chi connectivity index (χ3n) is 16.6. The van der Waals surface area contributed by atoms with Gasteiger partial charge in [-0.05, 0) is 137 Å². The molecule has 0 saturated carbocycles. The topological polar surface area (TPSA) is 29.5 Å². The maximum Gasteiger partial charge on any atom is 0.143 e. The predicted octanol–water partition coefficient (Wildman–Crippen LogP) is 22.9. The molecule has 0 fully saturated rings. The number of anilines is 3. The van der Waals surface area contributed by atoms with Gasteiger partial charge in [0, 0.05) is 60.9 Å². The first kappa shape index (κ1) is 48.0. The molecular weight excluding hydrogens is 1010 g/mol. The van der Waals surface area contributed by atoms with E-state index >= 15 is 0 Å². The molecule has 0 unspecified atom stereocenters. The molecule has 3 heteroatoms. The van der Waals surface area contributed by atoms with Gasteiger partial charge < -0.3 is 13.7 Å². The summed E-state index contributed by atoms with van der Waals surface area (Å²) in [5.74, 6) is 1.75. The summed E-state index contributed by atoms with van der Waals surface area (Å²) in [7, 11) is 0. The van der Waals surface area contributed by atoms with Crippen LogP contribution in [0.4, 0.5) is 17.1 Å². The molecule has 83 heavy (non-hydrogen) atoms. The van der Waals surface area contributed by atoms with Crippen molar-refractivity contribution in [1.82, 2.24) is 0 Å². The SMILES string of the molecule is c1ccc(-c2ccc(N(c3cccc(-c4ccc5c(c4)c4ccccc4c4c(-c6ccccc6)c(-c6ccccc6)oc54)c3)c3cccc(-c4ccc5c(c4)c4ccccc4c4c(-c6ccccc6)c(-c6ccccc6)oc54)c3)cc2)cc1. The second-order valence-electron chi connectivity index (χ2n) is 21.4. The summed E-state index contributed by atoms with van der Waals surface area (Å²) in [5, 5.41) is 11.4. The molecule has 0 bridgehead atoms. The van der Waals surface area contributed by atoms with Crippen LogP contribution in [0.2, 0.25) is 0 Å². The van der Waals surface area contributed by atoms with Crippen LogP contribution in [0.1, 0.15) is 0 Å². The van der Waals surface area contributed by atoms with Crippen LogP contribution in [0.3, 0.4) is 0 Å². The highest BCUT2D eigenvalue weighted by atomic mass is 16.3. The molecule has 0 spiro atoms. The van der Waals surface area contributed by atoms with Crippen molar-refractivity contribution in [3.8, 4) is 78.3 Å². The summed E-state index contributed by atoms with van der Waals surface area (Å²) >= 11 is 0. The molecule has 3 nitrogen and oxygen atoms in total. The number of hydrogen-bond donors (Lipinski definition) is 0. The molecule has 0 saturated heterocycles. The van der Waals surface area contributed by atoms with Gasteiger partial charge >= 0.3 is 0 Å². The van der Waals surface area contributed by atoms with Crippen molar-refractivity contribution in [2.75, 3.05) is 4.90 Å². The Morgan fingerprint density at radius 3 is 0.940 bits per heavy atom. The van der Waals surface area contributed by atoms with Crippen molar-refractivity contribution >= 4 is 82.1 Å². The molecule has 0 radical (unpaired) electrons. The standard InChI is InChI=1S/C80H51NO2/c1-6-22-52(23-7-1)53-40-44-62(45-41-53)81(63-34-20-32-58(48-63)60-42-46-69-71(50-60)65-36-16-18-38-67(65)75-73(54-24-8-2-9-25-54)77(82-79(69)75)56-28-12-4-13-29-56)64-35-21-33-59(49-64)61-43-47-70-72(51-61)66-37-17-19-39-68(66)76-74(55-26-10-3-11-27-55)78(83-80(70)76)57-30-14-5-15-31-57/h1-51H. The van der Waals surface area contributed by atoms with E-state index in [1.165, 1.54) is 32.7 Å². The summed E-state index contributed by atoms with van der Waals surface area (Å²) in [4.78, 5) is 2.39. The van der Waals surface area contributed by atoms with Crippen LogP contribution in [0, 0.1) is 0 Å². The monoisotopic (exact) mass is 1060 g/mol. The highest BCUT2D eigenvalue weighted by Gasteiger charge is 2.25. The zero-order valence-electron chi connectivity index (χ0n) is 45.2. The van der Waals surface area contributed by atoms with E-state index in [-0.39, 0.29) is 0 Å². The average Bonchev–Trinajstić information content (AvgIpc) is 4.41. The van der Waals surface area contributed by atoms with E-state index in [2.05, 4.69) is 314 Å². The molecule has 0 aliphatic heterocycles. The lowest BCUT2D eigenvalue weighted by atomic mass is 9.91. The van der Waals surface area contributed by atoms with E-state index in [4.69, 9.17) is 8.83 Å². The second-order valence-corrected chi connectivity index (χ2v) is 21.4. The van der Waals surface area contributed by atoms with Gasteiger partial charge in [-0.3, -0.25) is 0 Å². The summed E-state index contributed by atoms with van der Waals surface area (Å²) in [6, 6.07) is 111. The van der Waals surface area contributed by atoms with Crippen LogP contribution in [-0.2, 0) is 0 Å². The minimum absolute atomic E-state index is 0.877. The van der Waals surface area contributed by atoms with Crippen molar-refractivity contribution in [2.45, 2.75) is 0 Å². The minimum atomic E-state index is 0.877. The lowest BCUT2D eigenvalue weighted by Gasteiger charge is -2.27. The Labute approximate surface area is 480 Å². The van der Waals surface area contributed by atoms with Crippen LogP contribution in [0.15, 0.2) is 318 Å². The van der Waals surface area contributed by atoms with Crippen LogP contribution < -0.4 is 4.90 Å². The second kappa shape index (κ2) is 20.0. The quantitative estimate of drug-likeness (QED) is 0.128. The molecule has 0 aliphatic carbocycles. The van der Waals surface area contributed by atoms with E-state index in [0.717, 1.165) is 128 Å². The van der Waals surface area contributed by atoms with Gasteiger partial charge in [0.2, 0.25) is 0 Å². The number of nitrogens with zero attached hydrogens (tertiary/aromatic N) is 1. The van der Waals surface area contributed by atoms with Crippen molar-refractivity contribution in [3.63, 3.8) is 0 Å². The fourth-order valence-electron chi connectivity index (χ4n) is 12.8. The fraction of sp³-hybridized carbons (Fsp3) is 0. The van der Waals surface area contributed by atoms with Gasteiger partial charge in [0.25, 0.3) is 0 Å². The highest BCUT2D eigenvalue weighted by Crippen LogP contribution is 2.50. The molecular formula is C80H51NO2. The van der Waals surface area contributed by atoms with Gasteiger partial charge in [0.15, 0.2) is 0 Å². The van der Waals surface area contributed by atoms with Gasteiger partial charge in [0.05, 0.1) is 0 Å². The smallest absolute Gasteiger partial charge is 0.143 e. The Bertz CT molecular complexity index is 4820. The largest absolute Gasteiger partial charge is 0.455 e. The number of hydrogen-bond acceptors (Lipinski definition) is 3. The molecule has 0 N–H and O–H groups in total. The minimum Gasteiger partial charge on any atom is -0.455 e.